The van der Waals surface area contributed by atoms with Gasteiger partial charge in [0.15, 0.2) is 6.10 Å². The number of carbonyl (C=O) groups excluding carboxylic acids is 2. The minimum atomic E-state index is -4.49. The molecule has 3 aromatic carbocycles. The number of benzene rings is 3. The number of hydrogen-bond acceptors (Lipinski definition) is 4. The Morgan fingerprint density at radius 2 is 1.50 bits per heavy atom. The average molecular weight is 584 g/mol. The number of hydrogen-bond donors (Lipinski definition) is 4. The van der Waals surface area contributed by atoms with E-state index in [-0.39, 0.29) is 17.8 Å². The fourth-order valence-corrected chi connectivity index (χ4v) is 4.90. The SMILES string of the molecule is O=C(NC[C@@H](O)C(=O)O)c1ccc(CN(C(=O)Nc2ccc(C(F)(F)F)cc2)c2ccc(C3CCCCC3)cc2)cc1. The molecule has 0 bridgehead atoms. The lowest BCUT2D eigenvalue weighted by molar-refractivity contribution is -0.146. The molecule has 1 fully saturated rings. The number of carbonyl (C=O) groups is 3. The van der Waals surface area contributed by atoms with E-state index in [2.05, 4.69) is 10.6 Å². The van der Waals surface area contributed by atoms with Crippen LogP contribution in [0.3, 0.4) is 0 Å². The summed E-state index contributed by atoms with van der Waals surface area (Å²) in [6, 6.07) is 17.6. The zero-order valence-corrected chi connectivity index (χ0v) is 22.7. The Hall–Kier alpha value is -4.38. The summed E-state index contributed by atoms with van der Waals surface area (Å²) in [5.41, 5.74) is 2.06. The molecule has 8 nitrogen and oxygen atoms in total. The normalized spacial score (nSPS) is 14.6. The zero-order chi connectivity index (χ0) is 30.3. The van der Waals surface area contributed by atoms with Crippen molar-refractivity contribution in [2.24, 2.45) is 0 Å². The van der Waals surface area contributed by atoms with Gasteiger partial charge in [-0.3, -0.25) is 9.69 Å². The number of aliphatic carboxylic acids is 1. The summed E-state index contributed by atoms with van der Waals surface area (Å²) >= 11 is 0. The van der Waals surface area contributed by atoms with Crippen LogP contribution in [-0.4, -0.2) is 40.8 Å². The largest absolute Gasteiger partial charge is 0.479 e. The third-order valence-electron chi connectivity index (χ3n) is 7.29. The summed E-state index contributed by atoms with van der Waals surface area (Å²) in [7, 11) is 0. The van der Waals surface area contributed by atoms with Crippen LogP contribution >= 0.6 is 0 Å². The van der Waals surface area contributed by atoms with Crippen molar-refractivity contribution in [2.75, 3.05) is 16.8 Å². The summed E-state index contributed by atoms with van der Waals surface area (Å²) < 4.78 is 38.9. The number of carboxylic acid groups (broad SMARTS) is 1. The third-order valence-corrected chi connectivity index (χ3v) is 7.29. The van der Waals surface area contributed by atoms with Gasteiger partial charge in [0.25, 0.3) is 5.91 Å². The molecule has 1 atom stereocenters. The molecule has 1 aliphatic rings. The van der Waals surface area contributed by atoms with E-state index in [1.807, 2.05) is 24.3 Å². The van der Waals surface area contributed by atoms with Gasteiger partial charge in [0.2, 0.25) is 0 Å². The standard InChI is InChI=1S/C31H32F3N3O5/c32-31(33,34)24-12-14-25(15-13-24)36-30(42)37(26-16-10-22(11-17-26)21-4-2-1-3-5-21)19-20-6-8-23(9-7-20)28(39)35-18-27(38)29(40)41/h6-17,21,27,38H,1-5,18-19H2,(H,35,39)(H,36,42)(H,40,41)/t27-/m1/s1. The number of nitrogens with zero attached hydrogens (tertiary/aromatic N) is 1. The smallest absolute Gasteiger partial charge is 0.416 e. The van der Waals surface area contributed by atoms with Crippen LogP contribution in [0.25, 0.3) is 0 Å². The molecule has 0 heterocycles. The van der Waals surface area contributed by atoms with E-state index in [9.17, 15) is 32.7 Å². The Labute approximate surface area is 241 Å². The zero-order valence-electron chi connectivity index (χ0n) is 22.7. The fraction of sp³-hybridized carbons (Fsp3) is 0.323. The lowest BCUT2D eigenvalue weighted by Gasteiger charge is -2.26. The lowest BCUT2D eigenvalue weighted by Crippen LogP contribution is -2.36. The first-order valence-electron chi connectivity index (χ1n) is 13.6. The first-order chi connectivity index (χ1) is 20.0. The highest BCUT2D eigenvalue weighted by molar-refractivity contribution is 6.01. The highest BCUT2D eigenvalue weighted by Crippen LogP contribution is 2.34. The van der Waals surface area contributed by atoms with Gasteiger partial charge >= 0.3 is 18.2 Å². The quantitative estimate of drug-likeness (QED) is 0.240. The van der Waals surface area contributed by atoms with Crippen molar-refractivity contribution in [1.82, 2.24) is 5.32 Å². The monoisotopic (exact) mass is 583 g/mol. The highest BCUT2D eigenvalue weighted by Gasteiger charge is 2.30. The molecule has 0 spiro atoms. The van der Waals surface area contributed by atoms with Gasteiger partial charge < -0.3 is 20.8 Å². The molecule has 42 heavy (non-hydrogen) atoms. The molecule has 3 aromatic rings. The van der Waals surface area contributed by atoms with Gasteiger partial charge in [0.1, 0.15) is 0 Å². The van der Waals surface area contributed by atoms with Gasteiger partial charge in [-0.2, -0.15) is 13.2 Å². The summed E-state index contributed by atoms with van der Waals surface area (Å²) in [5, 5.41) is 23.1. The van der Waals surface area contributed by atoms with Crippen LogP contribution in [-0.2, 0) is 17.5 Å². The van der Waals surface area contributed by atoms with Crippen molar-refractivity contribution in [3.8, 4) is 0 Å². The molecule has 222 valence electrons. The van der Waals surface area contributed by atoms with Crippen LogP contribution in [0.5, 0.6) is 0 Å². The van der Waals surface area contributed by atoms with Crippen molar-refractivity contribution in [3.05, 3.63) is 95.1 Å². The van der Waals surface area contributed by atoms with Crippen LogP contribution in [0.1, 0.15) is 65.1 Å². The maximum absolute atomic E-state index is 13.4. The van der Waals surface area contributed by atoms with E-state index in [1.165, 1.54) is 54.0 Å². The third kappa shape index (κ3) is 8.10. The maximum Gasteiger partial charge on any atom is 0.416 e. The van der Waals surface area contributed by atoms with E-state index in [0.29, 0.717) is 17.2 Å². The van der Waals surface area contributed by atoms with Crippen LogP contribution in [0.4, 0.5) is 29.3 Å². The second-order valence-corrected chi connectivity index (χ2v) is 10.3. The van der Waals surface area contributed by atoms with Gasteiger partial charge in [0, 0.05) is 16.9 Å². The van der Waals surface area contributed by atoms with Crippen molar-refractivity contribution in [2.45, 2.75) is 56.8 Å². The Kier molecular flexibility index (Phi) is 9.84. The summed E-state index contributed by atoms with van der Waals surface area (Å²) in [4.78, 5) is 38.0. The number of rotatable bonds is 9. The highest BCUT2D eigenvalue weighted by atomic mass is 19.4. The van der Waals surface area contributed by atoms with Crippen LogP contribution in [0.2, 0.25) is 0 Å². The Morgan fingerprint density at radius 3 is 2.07 bits per heavy atom. The van der Waals surface area contributed by atoms with Gasteiger partial charge in [-0.05, 0) is 78.4 Å². The van der Waals surface area contributed by atoms with E-state index < -0.39 is 42.3 Å². The van der Waals surface area contributed by atoms with Crippen molar-refractivity contribution < 1.29 is 37.8 Å². The number of anilines is 2. The molecule has 3 amide bonds. The topological polar surface area (TPSA) is 119 Å². The molecule has 11 heteroatoms. The van der Waals surface area contributed by atoms with Gasteiger partial charge in [-0.15, -0.1) is 0 Å². The van der Waals surface area contributed by atoms with E-state index in [4.69, 9.17) is 5.11 Å². The molecule has 0 radical (unpaired) electrons. The Bertz CT molecular complexity index is 1370. The number of halogens is 3. The predicted octanol–water partition coefficient (Wildman–Crippen LogP) is 6.17. The molecule has 0 unspecified atom stereocenters. The van der Waals surface area contributed by atoms with Gasteiger partial charge in [-0.25, -0.2) is 9.59 Å². The molecular weight excluding hydrogens is 551 g/mol. The number of aliphatic hydroxyl groups excluding tert-OH is 1. The molecule has 0 saturated heterocycles. The number of urea groups is 1. The molecule has 1 aliphatic carbocycles. The number of amides is 3. The predicted molar refractivity (Wildman–Crippen MR) is 151 cm³/mol. The minimum absolute atomic E-state index is 0.0921. The molecule has 4 N–H and O–H groups in total. The summed E-state index contributed by atoms with van der Waals surface area (Å²) in [6.07, 6.45) is -0.385. The lowest BCUT2D eigenvalue weighted by atomic mass is 9.84. The van der Waals surface area contributed by atoms with Crippen LogP contribution in [0.15, 0.2) is 72.8 Å². The Balaban J connectivity index is 1.52. The minimum Gasteiger partial charge on any atom is -0.479 e. The fourth-order valence-electron chi connectivity index (χ4n) is 4.90. The van der Waals surface area contributed by atoms with E-state index in [0.717, 1.165) is 25.0 Å². The Morgan fingerprint density at radius 1 is 0.881 bits per heavy atom. The first-order valence-corrected chi connectivity index (χ1v) is 13.6. The number of aliphatic hydroxyl groups is 1. The molecular formula is C31H32F3N3O5. The van der Waals surface area contributed by atoms with Crippen molar-refractivity contribution in [3.63, 3.8) is 0 Å². The summed E-state index contributed by atoms with van der Waals surface area (Å²) in [5.74, 6) is -1.55. The van der Waals surface area contributed by atoms with E-state index in [1.54, 1.807) is 12.1 Å². The number of alkyl halides is 3. The van der Waals surface area contributed by atoms with Crippen LogP contribution in [0, 0.1) is 0 Å². The first kappa shape index (κ1) is 30.6. The molecule has 4 rings (SSSR count). The second kappa shape index (κ2) is 13.5. The average Bonchev–Trinajstić information content (AvgIpc) is 2.99. The van der Waals surface area contributed by atoms with Gasteiger partial charge in [0.05, 0.1) is 18.7 Å². The maximum atomic E-state index is 13.4. The summed E-state index contributed by atoms with van der Waals surface area (Å²) in [6.45, 7) is -0.362. The molecule has 1 saturated carbocycles. The van der Waals surface area contributed by atoms with E-state index >= 15 is 0 Å². The molecule has 0 aliphatic heterocycles. The van der Waals surface area contributed by atoms with Crippen molar-refractivity contribution in [1.29, 1.82) is 0 Å². The van der Waals surface area contributed by atoms with Gasteiger partial charge in [-0.1, -0.05) is 43.5 Å². The molecule has 0 aromatic heterocycles. The number of carboxylic acids is 1. The van der Waals surface area contributed by atoms with Crippen molar-refractivity contribution >= 4 is 29.3 Å². The second-order valence-electron chi connectivity index (χ2n) is 10.3. The number of nitrogens with one attached hydrogen (secondary N) is 2. The van der Waals surface area contributed by atoms with Crippen LogP contribution < -0.4 is 15.5 Å².